The van der Waals surface area contributed by atoms with Gasteiger partial charge >= 0.3 is 0 Å². The van der Waals surface area contributed by atoms with Crippen molar-refractivity contribution in [3.05, 3.63) is 59.4 Å². The molecule has 0 radical (unpaired) electrons. The number of aromatic nitrogens is 1. The van der Waals surface area contributed by atoms with Crippen LogP contribution in [0.25, 0.3) is 0 Å². The Morgan fingerprint density at radius 1 is 1.16 bits per heavy atom. The molecule has 0 saturated heterocycles. The van der Waals surface area contributed by atoms with Gasteiger partial charge in [-0.15, -0.1) is 0 Å². The van der Waals surface area contributed by atoms with Crippen molar-refractivity contribution in [3.8, 4) is 0 Å². The fourth-order valence-electron chi connectivity index (χ4n) is 1.88. The highest BCUT2D eigenvalue weighted by molar-refractivity contribution is 5.94. The van der Waals surface area contributed by atoms with Crippen LogP contribution in [0.1, 0.15) is 42.4 Å². The summed E-state index contributed by atoms with van der Waals surface area (Å²) in [7, 11) is 0. The molecular weight excluding hydrogens is 236 g/mol. The highest BCUT2D eigenvalue weighted by Gasteiger charge is 2.14. The van der Waals surface area contributed by atoms with Crippen molar-refractivity contribution >= 4 is 5.91 Å². The van der Waals surface area contributed by atoms with Crippen LogP contribution in [0.15, 0.2) is 42.6 Å². The number of amides is 1. The lowest BCUT2D eigenvalue weighted by Crippen LogP contribution is -2.23. The minimum absolute atomic E-state index is 0.0462. The zero-order chi connectivity index (χ0) is 13.9. The van der Waals surface area contributed by atoms with Gasteiger partial charge in [-0.25, -0.2) is 0 Å². The van der Waals surface area contributed by atoms with Gasteiger partial charge in [0, 0.05) is 17.5 Å². The molecule has 1 aromatic heterocycles. The zero-order valence-corrected chi connectivity index (χ0v) is 11.7. The van der Waals surface area contributed by atoms with Crippen LogP contribution in [-0.4, -0.2) is 10.9 Å². The summed E-state index contributed by atoms with van der Waals surface area (Å²) in [6.45, 7) is 7.00. The van der Waals surface area contributed by atoms with Crippen LogP contribution in [0.2, 0.25) is 0 Å². The molecule has 2 aromatic rings. The van der Waals surface area contributed by atoms with Crippen LogP contribution in [0.5, 0.6) is 0 Å². The lowest BCUT2D eigenvalue weighted by molar-refractivity contribution is 0.0950. The number of nitrogens with one attached hydrogen (secondary N) is 2. The van der Waals surface area contributed by atoms with Gasteiger partial charge < -0.3 is 10.3 Å². The Morgan fingerprint density at radius 3 is 2.37 bits per heavy atom. The molecule has 0 unspecified atom stereocenters. The van der Waals surface area contributed by atoms with Crippen molar-refractivity contribution in [1.82, 2.24) is 10.3 Å². The Morgan fingerprint density at radius 2 is 1.84 bits per heavy atom. The molecule has 1 aromatic carbocycles. The van der Waals surface area contributed by atoms with E-state index in [1.807, 2.05) is 42.6 Å². The van der Waals surface area contributed by atoms with E-state index in [-0.39, 0.29) is 11.3 Å². The van der Waals surface area contributed by atoms with Gasteiger partial charge in [-0.2, -0.15) is 0 Å². The largest absolute Gasteiger partial charge is 0.364 e. The van der Waals surface area contributed by atoms with Gasteiger partial charge in [0.25, 0.3) is 5.91 Å². The molecule has 2 rings (SSSR count). The van der Waals surface area contributed by atoms with Gasteiger partial charge in [0.2, 0.25) is 0 Å². The van der Waals surface area contributed by atoms with Crippen molar-refractivity contribution in [3.63, 3.8) is 0 Å². The van der Waals surface area contributed by atoms with Gasteiger partial charge in [0.15, 0.2) is 0 Å². The number of benzene rings is 1. The Bertz CT molecular complexity index is 533. The number of H-pyrrole nitrogens is 1. The Balaban J connectivity index is 2.00. The summed E-state index contributed by atoms with van der Waals surface area (Å²) >= 11 is 0. The summed E-state index contributed by atoms with van der Waals surface area (Å²) in [5.74, 6) is -0.0462. The molecule has 0 bridgehead atoms. The summed E-state index contributed by atoms with van der Waals surface area (Å²) in [4.78, 5) is 15.0. The number of hydrogen-bond donors (Lipinski definition) is 2. The first kappa shape index (κ1) is 13.4. The van der Waals surface area contributed by atoms with Crippen molar-refractivity contribution in [2.24, 2.45) is 0 Å². The Hall–Kier alpha value is -2.03. The molecule has 3 heteroatoms. The Kier molecular flexibility index (Phi) is 3.74. The zero-order valence-electron chi connectivity index (χ0n) is 11.7. The second kappa shape index (κ2) is 5.31. The van der Waals surface area contributed by atoms with Crippen LogP contribution in [-0.2, 0) is 12.0 Å². The van der Waals surface area contributed by atoms with Crippen LogP contribution in [0, 0.1) is 0 Å². The lowest BCUT2D eigenvalue weighted by Gasteiger charge is -2.19. The average molecular weight is 256 g/mol. The summed E-state index contributed by atoms with van der Waals surface area (Å²) in [6.07, 6.45) is 1.85. The van der Waals surface area contributed by atoms with E-state index in [1.54, 1.807) is 0 Å². The van der Waals surface area contributed by atoms with Crippen molar-refractivity contribution < 1.29 is 4.79 Å². The third-order valence-corrected chi connectivity index (χ3v) is 3.11. The van der Waals surface area contributed by atoms with Crippen LogP contribution < -0.4 is 5.32 Å². The smallest absolute Gasteiger partial charge is 0.251 e. The quantitative estimate of drug-likeness (QED) is 0.870. The van der Waals surface area contributed by atoms with E-state index in [0.717, 1.165) is 5.69 Å². The van der Waals surface area contributed by atoms with Crippen molar-refractivity contribution in [1.29, 1.82) is 0 Å². The highest BCUT2D eigenvalue weighted by Crippen LogP contribution is 2.22. The van der Waals surface area contributed by atoms with Crippen LogP contribution in [0.3, 0.4) is 0 Å². The molecular formula is C16H20N2O. The molecule has 0 spiro atoms. The second-order valence-corrected chi connectivity index (χ2v) is 5.71. The van der Waals surface area contributed by atoms with Crippen molar-refractivity contribution in [2.75, 3.05) is 0 Å². The predicted octanol–water partition coefficient (Wildman–Crippen LogP) is 3.24. The van der Waals surface area contributed by atoms with Gasteiger partial charge in [0.05, 0.1) is 6.54 Å². The third-order valence-electron chi connectivity index (χ3n) is 3.11. The molecule has 3 nitrogen and oxygen atoms in total. The topological polar surface area (TPSA) is 44.9 Å². The van der Waals surface area contributed by atoms with Gasteiger partial charge in [-0.1, -0.05) is 32.9 Å². The van der Waals surface area contributed by atoms with E-state index in [1.165, 1.54) is 5.56 Å². The molecule has 100 valence electrons. The monoisotopic (exact) mass is 256 g/mol. The van der Waals surface area contributed by atoms with Crippen molar-refractivity contribution in [2.45, 2.75) is 32.7 Å². The summed E-state index contributed by atoms with van der Waals surface area (Å²) in [5, 5.41) is 2.89. The normalized spacial score (nSPS) is 11.3. The minimum atomic E-state index is -0.0462. The average Bonchev–Trinajstić information content (AvgIpc) is 2.88. The molecule has 0 aliphatic rings. The molecule has 0 atom stereocenters. The van der Waals surface area contributed by atoms with Crippen LogP contribution >= 0.6 is 0 Å². The molecule has 0 aliphatic heterocycles. The van der Waals surface area contributed by atoms with E-state index in [9.17, 15) is 4.79 Å². The first-order valence-electron chi connectivity index (χ1n) is 6.48. The van der Waals surface area contributed by atoms with Crippen LogP contribution in [0.4, 0.5) is 0 Å². The first-order chi connectivity index (χ1) is 8.97. The summed E-state index contributed by atoms with van der Waals surface area (Å²) in [6, 6.07) is 11.7. The first-order valence-corrected chi connectivity index (χ1v) is 6.48. The summed E-state index contributed by atoms with van der Waals surface area (Å²) in [5.41, 5.74) is 3.03. The molecule has 0 fully saturated rings. The number of rotatable bonds is 3. The molecule has 0 aliphatic carbocycles. The summed E-state index contributed by atoms with van der Waals surface area (Å²) < 4.78 is 0. The lowest BCUT2D eigenvalue weighted by atomic mass is 9.87. The minimum Gasteiger partial charge on any atom is -0.364 e. The molecule has 0 saturated carbocycles. The fraction of sp³-hybridized carbons (Fsp3) is 0.312. The maximum atomic E-state index is 12.0. The highest BCUT2D eigenvalue weighted by atomic mass is 16.1. The SMILES string of the molecule is CC(C)(C)c1ccc(C(=O)NCc2ccc[nH]2)cc1. The number of aromatic amines is 1. The molecule has 1 heterocycles. The van der Waals surface area contributed by atoms with E-state index in [0.29, 0.717) is 12.1 Å². The maximum absolute atomic E-state index is 12.0. The van der Waals surface area contributed by atoms with Gasteiger partial charge in [0.1, 0.15) is 0 Å². The number of carbonyl (C=O) groups is 1. The predicted molar refractivity (Wildman–Crippen MR) is 77.1 cm³/mol. The molecule has 19 heavy (non-hydrogen) atoms. The van der Waals surface area contributed by atoms with E-state index in [2.05, 4.69) is 31.1 Å². The number of hydrogen-bond acceptors (Lipinski definition) is 1. The molecule has 2 N–H and O–H groups in total. The van der Waals surface area contributed by atoms with E-state index >= 15 is 0 Å². The van der Waals surface area contributed by atoms with Gasteiger partial charge in [-0.3, -0.25) is 4.79 Å². The second-order valence-electron chi connectivity index (χ2n) is 5.71. The third kappa shape index (κ3) is 3.47. The fourth-order valence-corrected chi connectivity index (χ4v) is 1.88. The molecule has 1 amide bonds. The van der Waals surface area contributed by atoms with E-state index < -0.39 is 0 Å². The maximum Gasteiger partial charge on any atom is 0.251 e. The van der Waals surface area contributed by atoms with E-state index in [4.69, 9.17) is 0 Å². The standard InChI is InChI=1S/C16H20N2O/c1-16(2,3)13-8-6-12(7-9-13)15(19)18-11-14-5-4-10-17-14/h4-10,17H,11H2,1-3H3,(H,18,19). The Labute approximate surface area is 114 Å². The number of carbonyl (C=O) groups excluding carboxylic acids is 1. The van der Waals surface area contributed by atoms with Gasteiger partial charge in [-0.05, 0) is 35.2 Å².